The highest BCUT2D eigenvalue weighted by molar-refractivity contribution is 6.60. The molecule has 4 unspecified atom stereocenters. The molecule has 0 saturated carbocycles. The van der Waals surface area contributed by atoms with Crippen molar-refractivity contribution in [3.63, 3.8) is 0 Å². The first kappa shape index (κ1) is 56.6. The monoisotopic (exact) mass is 913 g/mol. The van der Waals surface area contributed by atoms with Gasteiger partial charge in [-0.15, -0.1) is 0 Å². The molecule has 10 heteroatoms. The molecule has 0 aliphatic heterocycles. The fourth-order valence-corrected chi connectivity index (χ4v) is 10.1. The normalized spacial score (nSPS) is 13.1. The molecule has 0 bridgehead atoms. The Morgan fingerprint density at radius 3 is 1.22 bits per heavy atom. The highest BCUT2D eigenvalue weighted by Crippen LogP contribution is 2.33. The van der Waals surface area contributed by atoms with E-state index in [9.17, 15) is 10.2 Å². The van der Waals surface area contributed by atoms with E-state index in [2.05, 4.69) is 158 Å². The number of aryl methyl sites for hydroxylation is 3. The van der Waals surface area contributed by atoms with Crippen molar-refractivity contribution in [3.8, 4) is 11.5 Å². The molecule has 4 atom stereocenters. The minimum atomic E-state index is -2.48. The Morgan fingerprint density at radius 1 is 0.492 bits per heavy atom. The Hall–Kier alpha value is -4.48. The van der Waals surface area contributed by atoms with Gasteiger partial charge >= 0.3 is 8.80 Å². The molecule has 0 fully saturated rings. The molecule has 9 nitrogen and oxygen atoms in total. The Balaban J connectivity index is 0.000000434. The van der Waals surface area contributed by atoms with Crippen molar-refractivity contribution in [1.29, 1.82) is 0 Å². The van der Waals surface area contributed by atoms with Gasteiger partial charge in [0.25, 0.3) is 0 Å². The summed E-state index contributed by atoms with van der Waals surface area (Å²) in [4.78, 5) is 0. The molecular weight excluding hydrogens is 825 g/mol. The summed E-state index contributed by atoms with van der Waals surface area (Å²) in [6.07, 6.45) is 28.0. The van der Waals surface area contributed by atoms with Crippen LogP contribution in [-0.2, 0) is 39.5 Å². The Kier molecular flexibility index (Phi) is 26.1. The van der Waals surface area contributed by atoms with Gasteiger partial charge in [0, 0.05) is 101 Å². The second-order valence-electron chi connectivity index (χ2n) is 17.3. The summed E-state index contributed by atoms with van der Waals surface area (Å²) in [5.41, 5.74) is 6.59. The van der Waals surface area contributed by atoms with E-state index < -0.39 is 8.80 Å². The van der Waals surface area contributed by atoms with E-state index >= 15 is 0 Å². The lowest BCUT2D eigenvalue weighted by atomic mass is 9.85. The number of unbranched alkanes of at least 4 members (excludes halogenated alkanes) is 2. The van der Waals surface area contributed by atoms with Crippen molar-refractivity contribution in [3.05, 3.63) is 144 Å². The third-order valence-electron chi connectivity index (χ3n) is 12.8. The van der Waals surface area contributed by atoms with E-state index in [4.69, 9.17) is 13.3 Å². The minimum Gasteiger partial charge on any atom is -0.504 e. The molecule has 0 spiro atoms. The van der Waals surface area contributed by atoms with Gasteiger partial charge in [-0.25, -0.2) is 18.3 Å². The zero-order chi connectivity index (χ0) is 45.6. The van der Waals surface area contributed by atoms with Crippen LogP contribution in [0.3, 0.4) is 0 Å². The summed E-state index contributed by atoms with van der Waals surface area (Å²) in [5.74, 6) is 1.99. The molecule has 65 heavy (non-hydrogen) atoms. The lowest BCUT2D eigenvalue weighted by Gasteiger charge is -2.23. The highest BCUT2D eigenvalue weighted by Gasteiger charge is 2.37. The van der Waals surface area contributed by atoms with Crippen LogP contribution < -0.4 is 18.3 Å². The molecule has 5 aromatic rings. The fraction of sp³-hybridized carbons (Fsp3) is 0.527. The van der Waals surface area contributed by atoms with Gasteiger partial charge in [-0.1, -0.05) is 69.2 Å². The van der Waals surface area contributed by atoms with Gasteiger partial charge in [0.1, 0.15) is 19.6 Å². The summed E-state index contributed by atoms with van der Waals surface area (Å²) in [5, 5.41) is 19.2. The standard InChI is InChI=1S/C27H34N2O2.C26H44N2O3Si.2CH4/c1-4-6-13-28-14-11-25(12-15-28)23(5-2)18-21(3)24-9-16-29(17-10-24)20-22-7-8-26(30)27(31)19-22;1-7-9-15-27-19-13-26(14-20-27)24(8-2)22-23(3)25-11-17-28(18-12-25)16-10-21-32(29-4,30-5)31-6;;/h7-12,14-17,19,21,23H,4-6,13,18,20H2,1-3H3;11-14,17-20,23-24H,7-10,15-16,21-22H2,1-6H3;2*1H4/q;+2;;/p+2. The van der Waals surface area contributed by atoms with Crippen LogP contribution in [-0.4, -0.2) is 40.3 Å². The van der Waals surface area contributed by atoms with Gasteiger partial charge in [-0.2, -0.15) is 0 Å². The van der Waals surface area contributed by atoms with Crippen molar-refractivity contribution in [2.75, 3.05) is 21.3 Å². The number of nitrogens with zero attached hydrogens (tertiary/aromatic N) is 4. The van der Waals surface area contributed by atoms with Crippen molar-refractivity contribution < 1.29 is 41.8 Å². The molecule has 0 aliphatic carbocycles. The van der Waals surface area contributed by atoms with E-state index in [-0.39, 0.29) is 26.4 Å². The average Bonchev–Trinajstić information content (AvgIpc) is 3.32. The number of hydrogen-bond acceptors (Lipinski definition) is 5. The predicted molar refractivity (Wildman–Crippen MR) is 267 cm³/mol. The molecule has 2 N–H and O–H groups in total. The summed E-state index contributed by atoms with van der Waals surface area (Å²) < 4.78 is 25.5. The first-order valence-corrected chi connectivity index (χ1v) is 25.6. The van der Waals surface area contributed by atoms with Crippen LogP contribution >= 0.6 is 0 Å². The van der Waals surface area contributed by atoms with Crippen LogP contribution in [0.25, 0.3) is 0 Å². The largest absolute Gasteiger partial charge is 0.504 e. The van der Waals surface area contributed by atoms with E-state index in [0.717, 1.165) is 50.5 Å². The molecule has 0 amide bonds. The predicted octanol–water partition coefficient (Wildman–Crippen LogP) is 11.5. The van der Waals surface area contributed by atoms with Crippen LogP contribution in [0.2, 0.25) is 6.04 Å². The Labute approximate surface area is 396 Å². The topological polar surface area (TPSA) is 83.7 Å². The molecule has 1 aromatic carbocycles. The number of benzene rings is 1. The molecule has 0 radical (unpaired) electrons. The fourth-order valence-electron chi connectivity index (χ4n) is 8.43. The molecular formula is C55H88N4O5Si+4. The van der Waals surface area contributed by atoms with Crippen molar-refractivity contribution in [2.24, 2.45) is 0 Å². The zero-order valence-electron chi connectivity index (χ0n) is 40.1. The number of pyridine rings is 4. The first-order chi connectivity index (χ1) is 30.5. The molecule has 0 aliphatic rings. The third-order valence-corrected chi connectivity index (χ3v) is 15.6. The first-order valence-electron chi connectivity index (χ1n) is 23.6. The second kappa shape index (κ2) is 29.9. The van der Waals surface area contributed by atoms with Crippen LogP contribution in [0.1, 0.15) is 166 Å². The van der Waals surface area contributed by atoms with Crippen LogP contribution in [0.15, 0.2) is 116 Å². The van der Waals surface area contributed by atoms with Gasteiger partial charge in [0.2, 0.25) is 0 Å². The number of phenols is 2. The van der Waals surface area contributed by atoms with Gasteiger partial charge < -0.3 is 23.5 Å². The van der Waals surface area contributed by atoms with Gasteiger partial charge in [0.15, 0.2) is 67.6 Å². The maximum Gasteiger partial charge on any atom is 0.500 e. The summed E-state index contributed by atoms with van der Waals surface area (Å²) in [7, 11) is 2.54. The van der Waals surface area contributed by atoms with Gasteiger partial charge in [-0.3, -0.25) is 0 Å². The van der Waals surface area contributed by atoms with E-state index in [1.54, 1.807) is 27.4 Å². The molecule has 4 heterocycles. The molecule has 5 rings (SSSR count). The number of phenolic OH excluding ortho intramolecular Hbond substituents is 2. The van der Waals surface area contributed by atoms with Crippen molar-refractivity contribution in [2.45, 2.75) is 170 Å². The maximum absolute atomic E-state index is 9.69. The van der Waals surface area contributed by atoms with Gasteiger partial charge in [0.05, 0.1) is 0 Å². The summed E-state index contributed by atoms with van der Waals surface area (Å²) >= 11 is 0. The van der Waals surface area contributed by atoms with Crippen LogP contribution in [0.4, 0.5) is 0 Å². The second-order valence-corrected chi connectivity index (χ2v) is 20.4. The zero-order valence-corrected chi connectivity index (χ0v) is 41.1. The average molecular weight is 913 g/mol. The molecule has 4 aromatic heterocycles. The summed E-state index contributed by atoms with van der Waals surface area (Å²) in [6, 6.07) is 23.9. The van der Waals surface area contributed by atoms with E-state index in [0.29, 0.717) is 30.2 Å². The lowest BCUT2D eigenvalue weighted by Crippen LogP contribution is -2.44. The van der Waals surface area contributed by atoms with E-state index in [1.807, 2.05) is 6.07 Å². The minimum absolute atomic E-state index is 0. The Bertz CT molecular complexity index is 2000. The quantitative estimate of drug-likeness (QED) is 0.0346. The van der Waals surface area contributed by atoms with Crippen molar-refractivity contribution in [1.82, 2.24) is 0 Å². The molecule has 0 saturated heterocycles. The highest BCUT2D eigenvalue weighted by atomic mass is 28.4. The summed E-state index contributed by atoms with van der Waals surface area (Å²) in [6.45, 7) is 17.5. The lowest BCUT2D eigenvalue weighted by molar-refractivity contribution is -0.697. The Morgan fingerprint density at radius 2 is 0.862 bits per heavy atom. The number of aromatic nitrogens is 4. The van der Waals surface area contributed by atoms with E-state index in [1.165, 1.54) is 66.8 Å². The maximum atomic E-state index is 9.69. The smallest absolute Gasteiger partial charge is 0.500 e. The van der Waals surface area contributed by atoms with Crippen LogP contribution in [0, 0.1) is 0 Å². The van der Waals surface area contributed by atoms with Gasteiger partial charge in [-0.05, 0) is 89.8 Å². The third kappa shape index (κ3) is 18.0. The van der Waals surface area contributed by atoms with Crippen molar-refractivity contribution >= 4 is 8.80 Å². The number of aromatic hydroxyl groups is 2. The van der Waals surface area contributed by atoms with Crippen LogP contribution in [0.5, 0.6) is 11.5 Å². The number of hydrogen-bond donors (Lipinski definition) is 2. The number of rotatable bonds is 25. The SMILES string of the molecule is C.C.CCCC[n+]1ccc(C(CC)CC(C)c2cc[n+](CCC[Si](OC)(OC)OC)cc2)cc1.CCCC[n+]1ccc(C(CC)CC(C)c2cc[n+](Cc3ccc(O)c(O)c3)cc2)cc1. The molecule has 358 valence electrons.